The van der Waals surface area contributed by atoms with Crippen LogP contribution < -0.4 is 0 Å². The number of carbonyl (C=O) groups excluding carboxylic acids is 2. The molecule has 1 amide bonds. The molecule has 4 rings (SSSR count). The summed E-state index contributed by atoms with van der Waals surface area (Å²) >= 11 is 0. The third-order valence-electron chi connectivity index (χ3n) is 4.60. The lowest BCUT2D eigenvalue weighted by Gasteiger charge is -2.15. The maximum atomic E-state index is 13.0. The van der Waals surface area contributed by atoms with Crippen molar-refractivity contribution in [3.63, 3.8) is 0 Å². The molecule has 4 heteroatoms. The molecule has 0 bridgehead atoms. The van der Waals surface area contributed by atoms with Gasteiger partial charge in [0.1, 0.15) is 0 Å². The Balaban J connectivity index is 1.82. The zero-order valence-corrected chi connectivity index (χ0v) is 13.9. The van der Waals surface area contributed by atoms with Crippen molar-refractivity contribution in [1.29, 1.82) is 0 Å². The molecule has 0 aliphatic carbocycles. The maximum Gasteiger partial charge on any atom is 0.339 e. The van der Waals surface area contributed by atoms with Crippen LogP contribution in [0, 0.1) is 0 Å². The van der Waals surface area contributed by atoms with E-state index < -0.39 is 5.97 Å². The summed E-state index contributed by atoms with van der Waals surface area (Å²) < 4.78 is 4.96. The van der Waals surface area contributed by atoms with E-state index in [4.69, 9.17) is 4.74 Å². The molecule has 0 aromatic heterocycles. The second-order valence-electron chi connectivity index (χ2n) is 6.15. The van der Waals surface area contributed by atoms with Gasteiger partial charge in [-0.15, -0.1) is 0 Å². The average molecular weight is 331 g/mol. The number of benzene rings is 3. The van der Waals surface area contributed by atoms with Crippen LogP contribution in [0.2, 0.25) is 0 Å². The number of fused-ring (bicyclic) bond motifs is 2. The Morgan fingerprint density at radius 1 is 1.08 bits per heavy atom. The lowest BCUT2D eigenvalue weighted by atomic mass is 9.95. The Labute approximate surface area is 145 Å². The Hall–Kier alpha value is -3.14. The summed E-state index contributed by atoms with van der Waals surface area (Å²) in [7, 11) is 1.34. The summed E-state index contributed by atoms with van der Waals surface area (Å²) in [4.78, 5) is 27.2. The second-order valence-corrected chi connectivity index (χ2v) is 6.15. The number of carbonyl (C=O) groups is 2. The van der Waals surface area contributed by atoms with Gasteiger partial charge in [-0.05, 0) is 28.0 Å². The van der Waals surface area contributed by atoms with Crippen molar-refractivity contribution in [2.75, 3.05) is 7.11 Å². The number of amides is 1. The molecule has 25 heavy (non-hydrogen) atoms. The molecule has 1 aliphatic heterocycles. The molecule has 3 aromatic carbocycles. The van der Waals surface area contributed by atoms with Crippen molar-refractivity contribution in [3.8, 4) is 0 Å². The van der Waals surface area contributed by atoms with Crippen LogP contribution in [0.25, 0.3) is 10.8 Å². The van der Waals surface area contributed by atoms with Crippen molar-refractivity contribution < 1.29 is 14.3 Å². The lowest BCUT2D eigenvalue weighted by molar-refractivity contribution is 0.0595. The zero-order valence-electron chi connectivity index (χ0n) is 13.9. The van der Waals surface area contributed by atoms with Gasteiger partial charge >= 0.3 is 5.97 Å². The largest absolute Gasteiger partial charge is 0.465 e. The second kappa shape index (κ2) is 6.06. The van der Waals surface area contributed by atoms with Gasteiger partial charge in [0.05, 0.1) is 18.2 Å². The van der Waals surface area contributed by atoms with Gasteiger partial charge in [-0.1, -0.05) is 54.6 Å². The number of nitrogens with zero attached hydrogens (tertiary/aromatic N) is 1. The number of rotatable bonds is 3. The minimum Gasteiger partial charge on any atom is -0.465 e. The summed E-state index contributed by atoms with van der Waals surface area (Å²) in [6.45, 7) is 1.02. The molecular formula is C21H17NO3. The van der Waals surface area contributed by atoms with Crippen LogP contribution in [0.15, 0.2) is 60.7 Å². The summed E-state index contributed by atoms with van der Waals surface area (Å²) in [5.74, 6) is -0.590. The van der Waals surface area contributed by atoms with Crippen molar-refractivity contribution in [2.24, 2.45) is 0 Å². The first-order valence-electron chi connectivity index (χ1n) is 8.15. The molecule has 3 aromatic rings. The van der Waals surface area contributed by atoms with Crippen LogP contribution in [-0.4, -0.2) is 23.9 Å². The van der Waals surface area contributed by atoms with E-state index in [1.165, 1.54) is 7.11 Å². The Bertz CT molecular complexity index is 979. The van der Waals surface area contributed by atoms with E-state index in [9.17, 15) is 9.59 Å². The van der Waals surface area contributed by atoms with Crippen LogP contribution >= 0.6 is 0 Å². The molecule has 0 spiro atoms. The third-order valence-corrected chi connectivity index (χ3v) is 4.60. The Morgan fingerprint density at radius 2 is 1.80 bits per heavy atom. The van der Waals surface area contributed by atoms with E-state index in [-0.39, 0.29) is 5.91 Å². The molecule has 4 nitrogen and oxygen atoms in total. The topological polar surface area (TPSA) is 46.6 Å². The van der Waals surface area contributed by atoms with Gasteiger partial charge in [-0.3, -0.25) is 4.79 Å². The molecule has 0 radical (unpaired) electrons. The summed E-state index contributed by atoms with van der Waals surface area (Å²) in [6, 6.07) is 19.4. The molecule has 0 unspecified atom stereocenters. The van der Waals surface area contributed by atoms with Crippen LogP contribution in [-0.2, 0) is 17.8 Å². The van der Waals surface area contributed by atoms with E-state index in [1.807, 2.05) is 60.7 Å². The van der Waals surface area contributed by atoms with Gasteiger partial charge in [0.25, 0.3) is 5.91 Å². The van der Waals surface area contributed by atoms with Crippen molar-refractivity contribution in [1.82, 2.24) is 4.90 Å². The quantitative estimate of drug-likeness (QED) is 0.686. The number of hydrogen-bond donors (Lipinski definition) is 0. The van der Waals surface area contributed by atoms with Crippen molar-refractivity contribution >= 4 is 22.6 Å². The van der Waals surface area contributed by atoms with Crippen molar-refractivity contribution in [2.45, 2.75) is 13.1 Å². The molecule has 1 aliphatic rings. The van der Waals surface area contributed by atoms with Gasteiger partial charge in [0, 0.05) is 13.1 Å². The highest BCUT2D eigenvalue weighted by molar-refractivity contribution is 6.16. The molecule has 0 atom stereocenters. The highest BCUT2D eigenvalue weighted by Crippen LogP contribution is 2.33. The number of esters is 1. The van der Waals surface area contributed by atoms with Crippen LogP contribution in [0.1, 0.15) is 31.8 Å². The predicted octanol–water partition coefficient (Wildman–Crippen LogP) is 3.78. The number of methoxy groups -OCH3 is 1. The molecule has 0 N–H and O–H groups in total. The van der Waals surface area contributed by atoms with E-state index in [0.717, 1.165) is 21.9 Å². The highest BCUT2D eigenvalue weighted by atomic mass is 16.5. The summed E-state index contributed by atoms with van der Waals surface area (Å²) in [6.07, 6.45) is 0. The molecule has 0 fully saturated rings. The smallest absolute Gasteiger partial charge is 0.339 e. The normalized spacial score (nSPS) is 13.2. The maximum absolute atomic E-state index is 13.0. The SMILES string of the molecule is COC(=O)c1c2c(cc3ccccc13)CN(Cc1ccccc1)C2=O. The van der Waals surface area contributed by atoms with Crippen molar-refractivity contribution in [3.05, 3.63) is 82.9 Å². The fourth-order valence-electron chi connectivity index (χ4n) is 3.46. The predicted molar refractivity (Wildman–Crippen MR) is 95.3 cm³/mol. The van der Waals surface area contributed by atoms with E-state index in [1.54, 1.807) is 4.90 Å². The lowest BCUT2D eigenvalue weighted by Crippen LogP contribution is -2.24. The molecule has 124 valence electrons. The molecule has 0 saturated carbocycles. The minimum atomic E-state index is -0.469. The molecular weight excluding hydrogens is 314 g/mol. The fraction of sp³-hybridized carbons (Fsp3) is 0.143. The fourth-order valence-corrected chi connectivity index (χ4v) is 3.46. The average Bonchev–Trinajstić information content (AvgIpc) is 2.95. The first-order valence-corrected chi connectivity index (χ1v) is 8.15. The van der Waals surface area contributed by atoms with E-state index in [0.29, 0.717) is 24.2 Å². The van der Waals surface area contributed by atoms with Crippen LogP contribution in [0.3, 0.4) is 0 Å². The van der Waals surface area contributed by atoms with E-state index in [2.05, 4.69) is 0 Å². The van der Waals surface area contributed by atoms with Gasteiger partial charge in [-0.2, -0.15) is 0 Å². The first kappa shape index (κ1) is 15.4. The monoisotopic (exact) mass is 331 g/mol. The van der Waals surface area contributed by atoms with Gasteiger partial charge < -0.3 is 9.64 Å². The van der Waals surface area contributed by atoms with Crippen LogP contribution in [0.4, 0.5) is 0 Å². The minimum absolute atomic E-state index is 0.120. The summed E-state index contributed by atoms with van der Waals surface area (Å²) in [5.41, 5.74) is 2.78. The number of ether oxygens (including phenoxy) is 1. The first-order chi connectivity index (χ1) is 12.2. The Kier molecular flexibility index (Phi) is 3.73. The van der Waals surface area contributed by atoms with Gasteiger partial charge in [0.15, 0.2) is 0 Å². The standard InChI is InChI=1S/C21H17NO3/c1-25-21(24)19-17-10-6-5-9-15(17)11-16-13-22(20(23)18(16)19)12-14-7-3-2-4-8-14/h2-11H,12-13H2,1H3. The molecule has 0 saturated heterocycles. The van der Waals surface area contributed by atoms with Gasteiger partial charge in [0.2, 0.25) is 0 Å². The highest BCUT2D eigenvalue weighted by Gasteiger charge is 2.33. The Morgan fingerprint density at radius 3 is 2.56 bits per heavy atom. The van der Waals surface area contributed by atoms with Gasteiger partial charge in [-0.25, -0.2) is 4.79 Å². The molecule has 1 heterocycles. The summed E-state index contributed by atoms with van der Waals surface area (Å²) in [5, 5.41) is 1.69. The van der Waals surface area contributed by atoms with E-state index >= 15 is 0 Å². The third kappa shape index (κ3) is 2.56. The zero-order chi connectivity index (χ0) is 17.4. The van der Waals surface area contributed by atoms with Crippen LogP contribution in [0.5, 0.6) is 0 Å². The number of hydrogen-bond acceptors (Lipinski definition) is 3.